The Morgan fingerprint density at radius 3 is 2.00 bits per heavy atom. The van der Waals surface area contributed by atoms with Gasteiger partial charge in [-0.15, -0.1) is 0 Å². The smallest absolute Gasteiger partial charge is 0.115 e. The van der Waals surface area contributed by atoms with Crippen LogP contribution < -0.4 is 0 Å². The van der Waals surface area contributed by atoms with Gasteiger partial charge in [-0.2, -0.15) is 0 Å². The Hall–Kier alpha value is -0.980. The van der Waals surface area contributed by atoms with Crippen LogP contribution in [0.15, 0.2) is 24.3 Å². The minimum atomic E-state index is 0.389. The molecule has 3 aliphatic rings. The van der Waals surface area contributed by atoms with E-state index in [9.17, 15) is 5.11 Å². The summed E-state index contributed by atoms with van der Waals surface area (Å²) >= 11 is 0. The molecule has 80 valence electrons. The molecule has 1 aromatic carbocycles. The van der Waals surface area contributed by atoms with Gasteiger partial charge in [0.2, 0.25) is 0 Å². The number of fused-ring (bicyclic) bond motifs is 3. The molecule has 15 heavy (non-hydrogen) atoms. The summed E-state index contributed by atoms with van der Waals surface area (Å²) in [6.45, 7) is 0. The van der Waals surface area contributed by atoms with Crippen LogP contribution in [-0.4, -0.2) is 5.11 Å². The topological polar surface area (TPSA) is 20.2 Å². The number of rotatable bonds is 1. The van der Waals surface area contributed by atoms with Crippen LogP contribution in [0.3, 0.4) is 0 Å². The first-order chi connectivity index (χ1) is 7.28. The van der Waals surface area contributed by atoms with Gasteiger partial charge in [0.05, 0.1) is 0 Å². The highest BCUT2D eigenvalue weighted by molar-refractivity contribution is 5.32. The van der Waals surface area contributed by atoms with Gasteiger partial charge in [-0.3, -0.25) is 0 Å². The van der Waals surface area contributed by atoms with Crippen LogP contribution in [0.4, 0.5) is 0 Å². The SMILES string of the molecule is Oc1ccc(C23CCC(CC2)CC3)cc1. The van der Waals surface area contributed by atoms with Crippen molar-refractivity contribution in [3.63, 3.8) is 0 Å². The van der Waals surface area contributed by atoms with Gasteiger partial charge in [0.15, 0.2) is 0 Å². The Labute approximate surface area is 91.1 Å². The molecule has 0 radical (unpaired) electrons. The predicted molar refractivity (Wildman–Crippen MR) is 61.0 cm³/mol. The second kappa shape index (κ2) is 3.26. The summed E-state index contributed by atoms with van der Waals surface area (Å²) in [7, 11) is 0. The molecule has 1 nitrogen and oxygen atoms in total. The zero-order chi connectivity index (χ0) is 10.3. The van der Waals surface area contributed by atoms with Crippen LogP contribution in [0.1, 0.15) is 44.1 Å². The quantitative estimate of drug-likeness (QED) is 0.737. The average Bonchev–Trinajstić information content (AvgIpc) is 2.32. The van der Waals surface area contributed by atoms with E-state index < -0.39 is 0 Å². The van der Waals surface area contributed by atoms with Crippen LogP contribution in [-0.2, 0) is 5.41 Å². The van der Waals surface area contributed by atoms with Crippen molar-refractivity contribution >= 4 is 0 Å². The number of hydrogen-bond donors (Lipinski definition) is 1. The van der Waals surface area contributed by atoms with Crippen LogP contribution in [0, 0.1) is 5.92 Å². The lowest BCUT2D eigenvalue weighted by molar-refractivity contribution is 0.136. The molecule has 0 atom stereocenters. The van der Waals surface area contributed by atoms with Crippen molar-refractivity contribution in [2.45, 2.75) is 43.9 Å². The monoisotopic (exact) mass is 202 g/mol. The fourth-order valence-electron chi connectivity index (χ4n) is 3.50. The Balaban J connectivity index is 1.94. The Kier molecular flexibility index (Phi) is 2.01. The molecule has 1 N–H and O–H groups in total. The van der Waals surface area contributed by atoms with Crippen molar-refractivity contribution in [1.82, 2.24) is 0 Å². The molecule has 2 bridgehead atoms. The van der Waals surface area contributed by atoms with Gasteiger partial charge in [0.25, 0.3) is 0 Å². The van der Waals surface area contributed by atoms with E-state index in [4.69, 9.17) is 0 Å². The van der Waals surface area contributed by atoms with E-state index >= 15 is 0 Å². The van der Waals surface area contributed by atoms with Crippen LogP contribution in [0.2, 0.25) is 0 Å². The van der Waals surface area contributed by atoms with E-state index in [1.807, 2.05) is 12.1 Å². The summed E-state index contributed by atoms with van der Waals surface area (Å²) in [4.78, 5) is 0. The third-order valence-corrected chi connectivity index (χ3v) is 4.57. The number of phenolic OH excluding ortho intramolecular Hbond substituents is 1. The van der Waals surface area contributed by atoms with Gasteiger partial charge in [0.1, 0.15) is 5.75 Å². The molecule has 0 amide bonds. The lowest BCUT2D eigenvalue weighted by atomic mass is 9.58. The highest BCUT2D eigenvalue weighted by Crippen LogP contribution is 2.51. The van der Waals surface area contributed by atoms with Gasteiger partial charge in [0, 0.05) is 0 Å². The first-order valence-electron chi connectivity index (χ1n) is 6.08. The van der Waals surface area contributed by atoms with E-state index in [0.29, 0.717) is 11.2 Å². The van der Waals surface area contributed by atoms with E-state index in [1.165, 1.54) is 44.1 Å². The van der Waals surface area contributed by atoms with E-state index in [2.05, 4.69) is 12.1 Å². The molecular weight excluding hydrogens is 184 g/mol. The van der Waals surface area contributed by atoms with Gasteiger partial charge in [-0.1, -0.05) is 12.1 Å². The largest absolute Gasteiger partial charge is 0.508 e. The van der Waals surface area contributed by atoms with Gasteiger partial charge in [-0.05, 0) is 67.6 Å². The normalized spacial score (nSPS) is 34.3. The van der Waals surface area contributed by atoms with Crippen molar-refractivity contribution in [3.8, 4) is 5.75 Å². The molecular formula is C14H18O. The first-order valence-corrected chi connectivity index (χ1v) is 6.08. The Morgan fingerprint density at radius 2 is 1.47 bits per heavy atom. The molecule has 1 aromatic rings. The summed E-state index contributed by atoms with van der Waals surface area (Å²) in [6, 6.07) is 7.93. The highest BCUT2D eigenvalue weighted by Gasteiger charge is 2.41. The maximum atomic E-state index is 9.32. The van der Waals surface area contributed by atoms with Crippen molar-refractivity contribution in [1.29, 1.82) is 0 Å². The summed E-state index contributed by atoms with van der Waals surface area (Å²) in [5.74, 6) is 1.41. The molecule has 3 aliphatic carbocycles. The molecule has 0 heterocycles. The van der Waals surface area contributed by atoms with Crippen molar-refractivity contribution in [2.75, 3.05) is 0 Å². The second-order valence-corrected chi connectivity index (χ2v) is 5.31. The van der Waals surface area contributed by atoms with Crippen LogP contribution >= 0.6 is 0 Å². The van der Waals surface area contributed by atoms with Crippen molar-refractivity contribution in [3.05, 3.63) is 29.8 Å². The molecule has 3 saturated carbocycles. The average molecular weight is 202 g/mol. The number of hydrogen-bond acceptors (Lipinski definition) is 1. The molecule has 3 fully saturated rings. The van der Waals surface area contributed by atoms with Crippen LogP contribution in [0.5, 0.6) is 5.75 Å². The molecule has 0 aliphatic heterocycles. The summed E-state index contributed by atoms with van der Waals surface area (Å²) in [6.07, 6.45) is 8.34. The summed E-state index contributed by atoms with van der Waals surface area (Å²) in [5, 5.41) is 9.32. The first kappa shape index (κ1) is 9.26. The predicted octanol–water partition coefficient (Wildman–Crippen LogP) is 3.61. The highest BCUT2D eigenvalue weighted by atomic mass is 16.3. The third kappa shape index (κ3) is 1.45. The third-order valence-electron chi connectivity index (χ3n) is 4.57. The second-order valence-electron chi connectivity index (χ2n) is 5.31. The van der Waals surface area contributed by atoms with E-state index in [1.54, 1.807) is 0 Å². The number of phenols is 1. The van der Waals surface area contributed by atoms with E-state index in [-0.39, 0.29) is 0 Å². The Morgan fingerprint density at radius 1 is 0.933 bits per heavy atom. The standard InChI is InChI=1S/C14H18O/c15-13-3-1-12(2-4-13)14-8-5-11(6-9-14)7-10-14/h1-4,11,15H,5-10H2. The van der Waals surface area contributed by atoms with Crippen LogP contribution in [0.25, 0.3) is 0 Å². The zero-order valence-electron chi connectivity index (χ0n) is 9.08. The molecule has 0 saturated heterocycles. The van der Waals surface area contributed by atoms with Gasteiger partial charge >= 0.3 is 0 Å². The lowest BCUT2D eigenvalue weighted by Crippen LogP contribution is -2.37. The van der Waals surface area contributed by atoms with Crippen molar-refractivity contribution < 1.29 is 5.11 Å². The fraction of sp³-hybridized carbons (Fsp3) is 0.571. The summed E-state index contributed by atoms with van der Waals surface area (Å²) < 4.78 is 0. The molecule has 4 rings (SSSR count). The zero-order valence-corrected chi connectivity index (χ0v) is 9.08. The van der Waals surface area contributed by atoms with Gasteiger partial charge < -0.3 is 5.11 Å². The molecule has 0 aromatic heterocycles. The maximum Gasteiger partial charge on any atom is 0.115 e. The Bertz CT molecular complexity index is 330. The fourth-order valence-corrected chi connectivity index (χ4v) is 3.50. The lowest BCUT2D eigenvalue weighted by Gasteiger charge is -2.47. The molecule has 1 heteroatoms. The maximum absolute atomic E-state index is 9.32. The van der Waals surface area contributed by atoms with Crippen molar-refractivity contribution in [2.24, 2.45) is 5.92 Å². The molecule has 0 unspecified atom stereocenters. The summed E-state index contributed by atoms with van der Waals surface area (Å²) in [5.41, 5.74) is 1.92. The number of aromatic hydroxyl groups is 1. The minimum Gasteiger partial charge on any atom is -0.508 e. The number of benzene rings is 1. The van der Waals surface area contributed by atoms with Gasteiger partial charge in [-0.25, -0.2) is 0 Å². The molecule has 0 spiro atoms. The minimum absolute atomic E-state index is 0.389. The van der Waals surface area contributed by atoms with E-state index in [0.717, 1.165) is 5.92 Å².